The summed E-state index contributed by atoms with van der Waals surface area (Å²) in [4.78, 5) is 11.6. The molecule has 0 unspecified atom stereocenters. The molecule has 3 rings (SSSR count). The van der Waals surface area contributed by atoms with Gasteiger partial charge < -0.3 is 15.0 Å². The molecule has 1 aliphatic heterocycles. The van der Waals surface area contributed by atoms with Crippen molar-refractivity contribution >= 4 is 17.3 Å². The molecule has 1 aliphatic rings. The van der Waals surface area contributed by atoms with Crippen molar-refractivity contribution in [1.29, 1.82) is 0 Å². The van der Waals surface area contributed by atoms with Gasteiger partial charge in [-0.05, 0) is 45.7 Å². The van der Waals surface area contributed by atoms with E-state index in [1.54, 1.807) is 0 Å². The van der Waals surface area contributed by atoms with Crippen LogP contribution in [0.15, 0.2) is 30.3 Å². The Morgan fingerprint density at radius 3 is 2.48 bits per heavy atom. The van der Waals surface area contributed by atoms with Crippen molar-refractivity contribution in [2.45, 2.75) is 52.6 Å². The van der Waals surface area contributed by atoms with Crippen LogP contribution in [-0.2, 0) is 0 Å². The van der Waals surface area contributed by atoms with Gasteiger partial charge in [-0.2, -0.15) is 0 Å². The second-order valence-electron chi connectivity index (χ2n) is 6.85. The molecule has 0 saturated carbocycles. The van der Waals surface area contributed by atoms with Crippen LogP contribution in [0.2, 0.25) is 0 Å². The smallest absolute Gasteiger partial charge is 0.143 e. The number of hydrogen-bond acceptors (Lipinski definition) is 5. The largest absolute Gasteiger partial charge is 0.489 e. The lowest BCUT2D eigenvalue weighted by atomic mass is 10.2. The molecule has 0 spiro atoms. The number of ether oxygens (including phenoxy) is 1. The molecule has 0 aliphatic carbocycles. The first kappa shape index (κ1) is 17.5. The van der Waals surface area contributed by atoms with Crippen molar-refractivity contribution in [2.75, 3.05) is 23.3 Å². The Kier molecular flexibility index (Phi) is 5.74. The summed E-state index contributed by atoms with van der Waals surface area (Å²) in [6, 6.07) is 10.0. The molecule has 1 N–H and O–H groups in total. The Bertz CT molecular complexity index is 694. The van der Waals surface area contributed by atoms with Crippen LogP contribution in [0.3, 0.4) is 0 Å². The molecule has 0 radical (unpaired) electrons. The molecule has 1 aromatic heterocycles. The van der Waals surface area contributed by atoms with Crippen molar-refractivity contribution in [3.8, 4) is 5.75 Å². The SMILES string of the molecule is Cc1nc(Nc2ccccc2OC(C)C)cc(N2CCCCCC2)n1. The van der Waals surface area contributed by atoms with Gasteiger partial charge in [-0.3, -0.25) is 0 Å². The third-order valence-corrected chi connectivity index (χ3v) is 4.27. The van der Waals surface area contributed by atoms with Crippen molar-refractivity contribution < 1.29 is 4.74 Å². The van der Waals surface area contributed by atoms with Crippen molar-refractivity contribution in [3.63, 3.8) is 0 Å². The average molecular weight is 340 g/mol. The average Bonchev–Trinajstić information content (AvgIpc) is 2.85. The molecule has 1 aromatic carbocycles. The lowest BCUT2D eigenvalue weighted by molar-refractivity contribution is 0.244. The Hall–Kier alpha value is -2.30. The van der Waals surface area contributed by atoms with Crippen LogP contribution in [0.5, 0.6) is 5.75 Å². The lowest BCUT2D eigenvalue weighted by Crippen LogP contribution is -2.25. The summed E-state index contributed by atoms with van der Waals surface area (Å²) >= 11 is 0. The van der Waals surface area contributed by atoms with Crippen LogP contribution in [0.25, 0.3) is 0 Å². The van der Waals surface area contributed by atoms with E-state index in [2.05, 4.69) is 20.2 Å². The summed E-state index contributed by atoms with van der Waals surface area (Å²) in [7, 11) is 0. The van der Waals surface area contributed by atoms with Crippen LogP contribution in [-0.4, -0.2) is 29.2 Å². The summed E-state index contributed by atoms with van der Waals surface area (Å²) in [6.07, 6.45) is 5.22. The van der Waals surface area contributed by atoms with Crippen molar-refractivity contribution in [2.24, 2.45) is 0 Å². The molecular weight excluding hydrogens is 312 g/mol. The van der Waals surface area contributed by atoms with E-state index in [-0.39, 0.29) is 6.10 Å². The number of aryl methyl sites for hydroxylation is 1. The first-order chi connectivity index (χ1) is 12.1. The molecule has 5 nitrogen and oxygen atoms in total. The number of anilines is 3. The van der Waals surface area contributed by atoms with Crippen molar-refractivity contribution in [1.82, 2.24) is 9.97 Å². The Balaban J connectivity index is 1.83. The van der Waals surface area contributed by atoms with Crippen LogP contribution in [0.4, 0.5) is 17.3 Å². The number of para-hydroxylation sites is 2. The minimum Gasteiger partial charge on any atom is -0.489 e. The summed E-state index contributed by atoms with van der Waals surface area (Å²) in [5, 5.41) is 3.41. The third-order valence-electron chi connectivity index (χ3n) is 4.27. The fourth-order valence-corrected chi connectivity index (χ4v) is 3.14. The standard InChI is InChI=1S/C20H28N4O/c1-15(2)25-18-11-7-6-10-17(18)23-19-14-20(22-16(3)21-19)24-12-8-4-5-9-13-24/h6-7,10-11,14-15H,4-5,8-9,12-13H2,1-3H3,(H,21,22,23). The maximum Gasteiger partial charge on any atom is 0.143 e. The number of nitrogens with one attached hydrogen (secondary N) is 1. The third kappa shape index (κ3) is 4.84. The van der Waals surface area contributed by atoms with E-state index in [0.29, 0.717) is 0 Å². The second-order valence-corrected chi connectivity index (χ2v) is 6.85. The molecule has 134 valence electrons. The zero-order valence-electron chi connectivity index (χ0n) is 15.5. The maximum absolute atomic E-state index is 5.89. The van der Waals surface area contributed by atoms with Crippen molar-refractivity contribution in [3.05, 3.63) is 36.2 Å². The highest BCUT2D eigenvalue weighted by atomic mass is 16.5. The van der Waals surface area contributed by atoms with Gasteiger partial charge in [-0.1, -0.05) is 25.0 Å². The van der Waals surface area contributed by atoms with Gasteiger partial charge in [0.15, 0.2) is 0 Å². The van der Waals surface area contributed by atoms with Gasteiger partial charge in [0.05, 0.1) is 11.8 Å². The molecule has 2 aromatic rings. The molecule has 5 heteroatoms. The molecule has 1 saturated heterocycles. The predicted molar refractivity (Wildman–Crippen MR) is 103 cm³/mol. The van der Waals surface area contributed by atoms with E-state index in [1.165, 1.54) is 25.7 Å². The Morgan fingerprint density at radius 2 is 1.76 bits per heavy atom. The van der Waals surface area contributed by atoms with E-state index in [1.807, 2.05) is 51.1 Å². The summed E-state index contributed by atoms with van der Waals surface area (Å²) in [6.45, 7) is 8.15. The van der Waals surface area contributed by atoms with E-state index < -0.39 is 0 Å². The molecule has 2 heterocycles. The fourth-order valence-electron chi connectivity index (χ4n) is 3.14. The summed E-state index contributed by atoms with van der Waals surface area (Å²) < 4.78 is 5.89. The normalized spacial score (nSPS) is 15.1. The quantitative estimate of drug-likeness (QED) is 0.855. The highest BCUT2D eigenvalue weighted by molar-refractivity contribution is 5.65. The number of hydrogen-bond donors (Lipinski definition) is 1. The van der Waals surface area contributed by atoms with Gasteiger partial charge in [0, 0.05) is 19.2 Å². The van der Waals surface area contributed by atoms with E-state index in [0.717, 1.165) is 42.0 Å². The highest BCUT2D eigenvalue weighted by Crippen LogP contribution is 2.29. The van der Waals surface area contributed by atoms with Crippen LogP contribution < -0.4 is 15.0 Å². The van der Waals surface area contributed by atoms with E-state index >= 15 is 0 Å². The second kappa shape index (κ2) is 8.19. The van der Waals surface area contributed by atoms with E-state index in [4.69, 9.17) is 4.74 Å². The monoisotopic (exact) mass is 340 g/mol. The van der Waals surface area contributed by atoms with Crippen LogP contribution in [0, 0.1) is 6.92 Å². The Labute approximate surface area is 150 Å². The van der Waals surface area contributed by atoms with Gasteiger partial charge in [0.1, 0.15) is 23.2 Å². The topological polar surface area (TPSA) is 50.3 Å². The predicted octanol–water partition coefficient (Wildman–Crippen LogP) is 4.70. The van der Waals surface area contributed by atoms with Crippen LogP contribution in [0.1, 0.15) is 45.4 Å². The van der Waals surface area contributed by atoms with Gasteiger partial charge in [-0.15, -0.1) is 0 Å². The van der Waals surface area contributed by atoms with Crippen LogP contribution >= 0.6 is 0 Å². The molecule has 25 heavy (non-hydrogen) atoms. The Morgan fingerprint density at radius 1 is 1.04 bits per heavy atom. The first-order valence-corrected chi connectivity index (χ1v) is 9.25. The lowest BCUT2D eigenvalue weighted by Gasteiger charge is -2.22. The molecule has 0 bridgehead atoms. The first-order valence-electron chi connectivity index (χ1n) is 9.25. The maximum atomic E-state index is 5.89. The zero-order valence-corrected chi connectivity index (χ0v) is 15.5. The molecular formula is C20H28N4O. The number of rotatable bonds is 5. The minimum atomic E-state index is 0.128. The van der Waals surface area contributed by atoms with Gasteiger partial charge in [-0.25, -0.2) is 9.97 Å². The number of aromatic nitrogens is 2. The summed E-state index contributed by atoms with van der Waals surface area (Å²) in [5.74, 6) is 3.45. The molecule has 0 atom stereocenters. The van der Waals surface area contributed by atoms with Gasteiger partial charge in [0.2, 0.25) is 0 Å². The number of benzene rings is 1. The zero-order chi connectivity index (χ0) is 17.6. The molecule has 1 fully saturated rings. The molecule has 0 amide bonds. The minimum absolute atomic E-state index is 0.128. The van der Waals surface area contributed by atoms with Gasteiger partial charge >= 0.3 is 0 Å². The number of nitrogens with zero attached hydrogens (tertiary/aromatic N) is 3. The summed E-state index contributed by atoms with van der Waals surface area (Å²) in [5.41, 5.74) is 0.927. The fraction of sp³-hybridized carbons (Fsp3) is 0.500. The van der Waals surface area contributed by atoms with Gasteiger partial charge in [0.25, 0.3) is 0 Å². The highest BCUT2D eigenvalue weighted by Gasteiger charge is 2.14. The van der Waals surface area contributed by atoms with E-state index in [9.17, 15) is 0 Å².